The highest BCUT2D eigenvalue weighted by atomic mass is 14.0. The predicted molar refractivity (Wildman–Crippen MR) is 51.4 cm³/mol. The van der Waals surface area contributed by atoms with Gasteiger partial charge in [-0.05, 0) is 12.3 Å². The first-order valence-electron chi connectivity index (χ1n) is 4.77. The van der Waals surface area contributed by atoms with Gasteiger partial charge in [0.2, 0.25) is 0 Å². The van der Waals surface area contributed by atoms with Crippen LogP contribution in [0.4, 0.5) is 0 Å². The van der Waals surface area contributed by atoms with Crippen molar-refractivity contribution in [1.29, 1.82) is 0 Å². The van der Waals surface area contributed by atoms with Crippen LogP contribution in [0.2, 0.25) is 0 Å². The van der Waals surface area contributed by atoms with Gasteiger partial charge in [-0.15, -0.1) is 11.8 Å². The lowest BCUT2D eigenvalue weighted by Crippen LogP contribution is -1.91. The zero-order chi connectivity index (χ0) is 8.53. The summed E-state index contributed by atoms with van der Waals surface area (Å²) in [6.07, 6.45) is 6.10. The van der Waals surface area contributed by atoms with Crippen molar-refractivity contribution in [1.82, 2.24) is 0 Å². The summed E-state index contributed by atoms with van der Waals surface area (Å²) >= 11 is 0. The first-order valence-corrected chi connectivity index (χ1v) is 4.77. The van der Waals surface area contributed by atoms with E-state index >= 15 is 0 Å². The Labute approximate surface area is 71.4 Å². The van der Waals surface area contributed by atoms with Gasteiger partial charge in [0, 0.05) is 12.8 Å². The maximum Gasteiger partial charge on any atom is 0.0114 e. The molecule has 1 atom stereocenters. The molecule has 0 aliphatic rings. The molecule has 0 aliphatic heterocycles. The molecule has 0 rings (SSSR count). The molecule has 1 unspecified atom stereocenters. The SMILES string of the molecule is CCC#CCC(C)CCCC. The first kappa shape index (κ1) is 10.6. The molecular weight excluding hydrogens is 132 g/mol. The fourth-order valence-electron chi connectivity index (χ4n) is 1.03. The van der Waals surface area contributed by atoms with Crippen molar-refractivity contribution in [2.75, 3.05) is 0 Å². The quantitative estimate of drug-likeness (QED) is 0.540. The molecule has 64 valence electrons. The van der Waals surface area contributed by atoms with E-state index in [1.54, 1.807) is 0 Å². The molecule has 0 heterocycles. The maximum atomic E-state index is 3.19. The van der Waals surface area contributed by atoms with Crippen molar-refractivity contribution in [2.24, 2.45) is 5.92 Å². The van der Waals surface area contributed by atoms with Crippen LogP contribution in [0, 0.1) is 17.8 Å². The molecule has 0 bridgehead atoms. The van der Waals surface area contributed by atoms with Crippen LogP contribution in [0.25, 0.3) is 0 Å². The molecular formula is C11H20. The molecule has 0 aliphatic carbocycles. The molecule has 0 aromatic heterocycles. The predicted octanol–water partition coefficient (Wildman–Crippen LogP) is 3.62. The minimum atomic E-state index is 0.800. The van der Waals surface area contributed by atoms with Gasteiger partial charge in [0.05, 0.1) is 0 Å². The van der Waals surface area contributed by atoms with Crippen LogP contribution in [-0.4, -0.2) is 0 Å². The Kier molecular flexibility index (Phi) is 7.36. The second-order valence-corrected chi connectivity index (χ2v) is 3.16. The van der Waals surface area contributed by atoms with Crippen LogP contribution in [0.1, 0.15) is 52.9 Å². The highest BCUT2D eigenvalue weighted by Crippen LogP contribution is 2.10. The highest BCUT2D eigenvalue weighted by molar-refractivity contribution is 4.98. The van der Waals surface area contributed by atoms with Gasteiger partial charge in [-0.3, -0.25) is 0 Å². The summed E-state index contributed by atoms with van der Waals surface area (Å²) in [4.78, 5) is 0. The van der Waals surface area contributed by atoms with E-state index in [2.05, 4.69) is 32.6 Å². The van der Waals surface area contributed by atoms with Crippen molar-refractivity contribution in [3.8, 4) is 11.8 Å². The molecule has 0 spiro atoms. The molecule has 0 saturated heterocycles. The normalized spacial score (nSPS) is 11.9. The monoisotopic (exact) mass is 152 g/mol. The van der Waals surface area contributed by atoms with Crippen LogP contribution in [0.15, 0.2) is 0 Å². The van der Waals surface area contributed by atoms with E-state index in [4.69, 9.17) is 0 Å². The van der Waals surface area contributed by atoms with Gasteiger partial charge < -0.3 is 0 Å². The fourth-order valence-corrected chi connectivity index (χ4v) is 1.03. The maximum absolute atomic E-state index is 3.19. The van der Waals surface area contributed by atoms with Crippen molar-refractivity contribution in [3.63, 3.8) is 0 Å². The number of rotatable bonds is 4. The largest absolute Gasteiger partial charge is 0.104 e. The van der Waals surface area contributed by atoms with Crippen LogP contribution in [0.3, 0.4) is 0 Å². The van der Waals surface area contributed by atoms with Crippen LogP contribution >= 0.6 is 0 Å². The molecule has 0 fully saturated rings. The number of hydrogen-bond donors (Lipinski definition) is 0. The van der Waals surface area contributed by atoms with E-state index in [0.717, 1.165) is 18.8 Å². The van der Waals surface area contributed by atoms with E-state index in [9.17, 15) is 0 Å². The lowest BCUT2D eigenvalue weighted by molar-refractivity contribution is 0.518. The lowest BCUT2D eigenvalue weighted by atomic mass is 10.0. The smallest absolute Gasteiger partial charge is 0.0114 e. The van der Waals surface area contributed by atoms with Crippen LogP contribution in [0.5, 0.6) is 0 Å². The lowest BCUT2D eigenvalue weighted by Gasteiger charge is -2.04. The Balaban J connectivity index is 3.28. The molecule has 0 aromatic carbocycles. The summed E-state index contributed by atoms with van der Waals surface area (Å²) in [7, 11) is 0. The van der Waals surface area contributed by atoms with Gasteiger partial charge in [0.15, 0.2) is 0 Å². The molecule has 11 heavy (non-hydrogen) atoms. The summed E-state index contributed by atoms with van der Waals surface area (Å²) in [5, 5.41) is 0. The van der Waals surface area contributed by atoms with Gasteiger partial charge in [0.1, 0.15) is 0 Å². The number of hydrogen-bond acceptors (Lipinski definition) is 0. The van der Waals surface area contributed by atoms with Crippen LogP contribution < -0.4 is 0 Å². The van der Waals surface area contributed by atoms with Crippen LogP contribution in [-0.2, 0) is 0 Å². The zero-order valence-corrected chi connectivity index (χ0v) is 8.11. The third-order valence-electron chi connectivity index (χ3n) is 1.80. The minimum Gasteiger partial charge on any atom is -0.104 e. The first-order chi connectivity index (χ1) is 5.31. The van der Waals surface area contributed by atoms with Crippen molar-refractivity contribution >= 4 is 0 Å². The fraction of sp³-hybridized carbons (Fsp3) is 0.818. The zero-order valence-electron chi connectivity index (χ0n) is 8.11. The molecule has 0 radical (unpaired) electrons. The Bertz CT molecular complexity index is 125. The molecule has 0 heteroatoms. The molecule has 0 amide bonds. The summed E-state index contributed by atoms with van der Waals surface area (Å²) in [5.41, 5.74) is 0. The molecule has 0 N–H and O–H groups in total. The molecule has 0 saturated carbocycles. The van der Waals surface area contributed by atoms with E-state index in [-0.39, 0.29) is 0 Å². The van der Waals surface area contributed by atoms with Gasteiger partial charge >= 0.3 is 0 Å². The second-order valence-electron chi connectivity index (χ2n) is 3.16. The van der Waals surface area contributed by atoms with Gasteiger partial charge in [0.25, 0.3) is 0 Å². The summed E-state index contributed by atoms with van der Waals surface area (Å²) in [6, 6.07) is 0. The molecule has 0 nitrogen and oxygen atoms in total. The Morgan fingerprint density at radius 3 is 2.45 bits per heavy atom. The summed E-state index contributed by atoms with van der Waals surface area (Å²) < 4.78 is 0. The van der Waals surface area contributed by atoms with Gasteiger partial charge in [-0.2, -0.15) is 0 Å². The second kappa shape index (κ2) is 7.66. The highest BCUT2D eigenvalue weighted by Gasteiger charge is 1.97. The Hall–Kier alpha value is -0.440. The third-order valence-corrected chi connectivity index (χ3v) is 1.80. The average molecular weight is 152 g/mol. The van der Waals surface area contributed by atoms with Gasteiger partial charge in [-0.25, -0.2) is 0 Å². The van der Waals surface area contributed by atoms with Crippen molar-refractivity contribution in [2.45, 2.75) is 52.9 Å². The standard InChI is InChI=1S/C11H20/c1-4-6-8-10-11(3)9-7-5-2/h11H,4-5,7,9-10H2,1-3H3. The minimum absolute atomic E-state index is 0.800. The van der Waals surface area contributed by atoms with Gasteiger partial charge in [-0.1, -0.05) is 33.6 Å². The number of unbranched alkanes of at least 4 members (excludes halogenated alkanes) is 1. The third kappa shape index (κ3) is 7.46. The summed E-state index contributed by atoms with van der Waals surface area (Å²) in [6.45, 7) is 6.63. The van der Waals surface area contributed by atoms with E-state index in [1.807, 2.05) is 0 Å². The van der Waals surface area contributed by atoms with E-state index in [1.165, 1.54) is 19.3 Å². The Morgan fingerprint density at radius 2 is 1.91 bits per heavy atom. The molecule has 0 aromatic rings. The van der Waals surface area contributed by atoms with E-state index in [0.29, 0.717) is 0 Å². The van der Waals surface area contributed by atoms with Crippen molar-refractivity contribution < 1.29 is 0 Å². The topological polar surface area (TPSA) is 0 Å². The average Bonchev–Trinajstić information content (AvgIpc) is 2.01. The summed E-state index contributed by atoms with van der Waals surface area (Å²) in [5.74, 6) is 7.10. The Morgan fingerprint density at radius 1 is 1.18 bits per heavy atom. The van der Waals surface area contributed by atoms with Crippen molar-refractivity contribution in [3.05, 3.63) is 0 Å². The van der Waals surface area contributed by atoms with E-state index < -0.39 is 0 Å².